The van der Waals surface area contributed by atoms with Crippen molar-refractivity contribution >= 4 is 21.8 Å². The number of ether oxygens (including phenoxy) is 1. The number of methoxy groups -OCH3 is 1. The maximum atomic E-state index is 13.4. The number of rotatable bonds is 12. The van der Waals surface area contributed by atoms with Crippen LogP contribution in [0.15, 0.2) is 75.6 Å². The summed E-state index contributed by atoms with van der Waals surface area (Å²) in [5, 5.41) is 0. The molecule has 0 spiro atoms. The molecular formula is C26H31BrN2O3. The Kier molecular flexibility index (Phi) is 9.53. The van der Waals surface area contributed by atoms with E-state index in [2.05, 4.69) is 45.1 Å². The lowest BCUT2D eigenvalue weighted by atomic mass is 10.1. The van der Waals surface area contributed by atoms with Crippen molar-refractivity contribution in [3.05, 3.63) is 93.9 Å². The standard InChI is InChI=1S/C26H31BrN2O3/c1-21-8-13-25(32-21)19-29(15-14-22-6-4-3-5-7-22)26(30)20-28(16-17-31-2)18-23-9-11-24(27)12-10-23/h3-13H,14-20H2,1-2H3. The minimum absolute atomic E-state index is 0.0863. The third kappa shape index (κ3) is 7.93. The number of amides is 1. The van der Waals surface area contributed by atoms with Crippen molar-refractivity contribution in [1.82, 2.24) is 9.80 Å². The van der Waals surface area contributed by atoms with Crippen molar-refractivity contribution in [2.45, 2.75) is 26.4 Å². The number of carbonyl (C=O) groups excluding carboxylic acids is 1. The molecule has 0 radical (unpaired) electrons. The third-order valence-corrected chi connectivity index (χ3v) is 5.83. The van der Waals surface area contributed by atoms with Crippen molar-refractivity contribution < 1.29 is 13.9 Å². The second-order valence-electron chi connectivity index (χ2n) is 7.89. The number of furan rings is 1. The van der Waals surface area contributed by atoms with E-state index in [1.807, 2.05) is 54.3 Å². The van der Waals surface area contributed by atoms with Gasteiger partial charge in [-0.1, -0.05) is 58.4 Å². The van der Waals surface area contributed by atoms with E-state index < -0.39 is 0 Å². The molecule has 0 aliphatic heterocycles. The van der Waals surface area contributed by atoms with Gasteiger partial charge in [-0.05, 0) is 48.7 Å². The average Bonchev–Trinajstić information content (AvgIpc) is 3.21. The molecule has 0 atom stereocenters. The van der Waals surface area contributed by atoms with Crippen LogP contribution in [0.3, 0.4) is 0 Å². The maximum absolute atomic E-state index is 13.4. The topological polar surface area (TPSA) is 45.9 Å². The van der Waals surface area contributed by atoms with Crippen LogP contribution in [0.25, 0.3) is 0 Å². The Morgan fingerprint density at radius 2 is 1.69 bits per heavy atom. The molecular weight excluding hydrogens is 468 g/mol. The Labute approximate surface area is 199 Å². The van der Waals surface area contributed by atoms with Crippen LogP contribution in [0, 0.1) is 6.92 Å². The Morgan fingerprint density at radius 1 is 0.938 bits per heavy atom. The average molecular weight is 499 g/mol. The predicted octanol–water partition coefficient (Wildman–Crippen LogP) is 5.07. The van der Waals surface area contributed by atoms with Crippen LogP contribution in [0.1, 0.15) is 22.6 Å². The highest BCUT2D eigenvalue weighted by Crippen LogP contribution is 2.14. The number of hydrogen-bond acceptors (Lipinski definition) is 4. The molecule has 1 aromatic heterocycles. The van der Waals surface area contributed by atoms with Gasteiger partial charge in [-0.3, -0.25) is 9.69 Å². The minimum atomic E-state index is 0.0863. The predicted molar refractivity (Wildman–Crippen MR) is 130 cm³/mol. The molecule has 0 aliphatic rings. The van der Waals surface area contributed by atoms with Gasteiger partial charge in [0.15, 0.2) is 0 Å². The van der Waals surface area contributed by atoms with Gasteiger partial charge in [-0.15, -0.1) is 0 Å². The first-order valence-electron chi connectivity index (χ1n) is 10.9. The number of aryl methyl sites for hydroxylation is 1. The Hall–Kier alpha value is -2.41. The summed E-state index contributed by atoms with van der Waals surface area (Å²) in [6.07, 6.45) is 0.803. The monoisotopic (exact) mass is 498 g/mol. The van der Waals surface area contributed by atoms with Crippen molar-refractivity contribution in [2.75, 3.05) is 33.4 Å². The van der Waals surface area contributed by atoms with E-state index in [0.717, 1.165) is 28.0 Å². The zero-order chi connectivity index (χ0) is 22.8. The molecule has 2 aromatic carbocycles. The first-order chi connectivity index (χ1) is 15.5. The van der Waals surface area contributed by atoms with Crippen molar-refractivity contribution in [3.63, 3.8) is 0 Å². The molecule has 0 fully saturated rings. The molecule has 5 nitrogen and oxygen atoms in total. The number of hydrogen-bond donors (Lipinski definition) is 0. The smallest absolute Gasteiger partial charge is 0.237 e. The lowest BCUT2D eigenvalue weighted by Crippen LogP contribution is -2.41. The molecule has 0 bridgehead atoms. The van der Waals surface area contributed by atoms with Gasteiger partial charge >= 0.3 is 0 Å². The Morgan fingerprint density at radius 3 is 2.34 bits per heavy atom. The van der Waals surface area contributed by atoms with Gasteiger partial charge in [-0.25, -0.2) is 0 Å². The highest BCUT2D eigenvalue weighted by molar-refractivity contribution is 9.10. The fourth-order valence-corrected chi connectivity index (χ4v) is 3.80. The lowest BCUT2D eigenvalue weighted by molar-refractivity contribution is -0.133. The van der Waals surface area contributed by atoms with Crippen LogP contribution < -0.4 is 0 Å². The maximum Gasteiger partial charge on any atom is 0.237 e. The first-order valence-corrected chi connectivity index (χ1v) is 11.7. The fraction of sp³-hybridized carbons (Fsp3) is 0.346. The largest absolute Gasteiger partial charge is 0.464 e. The molecule has 170 valence electrons. The van der Waals surface area contributed by atoms with Crippen molar-refractivity contribution in [3.8, 4) is 0 Å². The SMILES string of the molecule is COCCN(CC(=O)N(CCc1ccccc1)Cc1ccc(C)o1)Cc1ccc(Br)cc1. The zero-order valence-electron chi connectivity index (χ0n) is 18.8. The summed E-state index contributed by atoms with van der Waals surface area (Å²) in [4.78, 5) is 17.4. The summed E-state index contributed by atoms with van der Waals surface area (Å²) in [5.41, 5.74) is 2.38. The summed E-state index contributed by atoms with van der Waals surface area (Å²) >= 11 is 3.48. The molecule has 1 heterocycles. The van der Waals surface area contributed by atoms with E-state index in [1.165, 1.54) is 5.56 Å². The molecule has 6 heteroatoms. The lowest BCUT2D eigenvalue weighted by Gasteiger charge is -2.27. The van der Waals surface area contributed by atoms with E-state index in [9.17, 15) is 4.79 Å². The van der Waals surface area contributed by atoms with E-state index in [-0.39, 0.29) is 5.91 Å². The Balaban J connectivity index is 1.69. The van der Waals surface area contributed by atoms with Gasteiger partial charge in [0.2, 0.25) is 5.91 Å². The van der Waals surface area contributed by atoms with E-state index in [4.69, 9.17) is 9.15 Å². The first kappa shape index (κ1) is 24.2. The van der Waals surface area contributed by atoms with Gasteiger partial charge in [-0.2, -0.15) is 0 Å². The molecule has 3 aromatic rings. The fourth-order valence-electron chi connectivity index (χ4n) is 3.53. The van der Waals surface area contributed by atoms with Crippen LogP contribution in [-0.2, 0) is 29.0 Å². The van der Waals surface area contributed by atoms with Gasteiger partial charge in [0.05, 0.1) is 19.7 Å². The summed E-state index contributed by atoms with van der Waals surface area (Å²) in [5.74, 6) is 1.75. The molecule has 32 heavy (non-hydrogen) atoms. The highest BCUT2D eigenvalue weighted by atomic mass is 79.9. The summed E-state index contributed by atoms with van der Waals surface area (Å²) in [7, 11) is 1.69. The number of nitrogens with zero attached hydrogens (tertiary/aromatic N) is 2. The molecule has 0 saturated carbocycles. The number of halogens is 1. The number of carbonyl (C=O) groups is 1. The molecule has 0 saturated heterocycles. The van der Waals surface area contributed by atoms with Crippen LogP contribution in [-0.4, -0.2) is 49.1 Å². The number of benzene rings is 2. The van der Waals surface area contributed by atoms with Crippen LogP contribution in [0.5, 0.6) is 0 Å². The molecule has 0 aliphatic carbocycles. The molecule has 0 N–H and O–H groups in total. The van der Waals surface area contributed by atoms with Crippen molar-refractivity contribution in [2.24, 2.45) is 0 Å². The van der Waals surface area contributed by atoms with Gasteiger partial charge in [0, 0.05) is 31.2 Å². The van der Waals surface area contributed by atoms with Crippen molar-refractivity contribution in [1.29, 1.82) is 0 Å². The third-order valence-electron chi connectivity index (χ3n) is 5.30. The van der Waals surface area contributed by atoms with Gasteiger partial charge in [0.1, 0.15) is 11.5 Å². The normalized spacial score (nSPS) is 11.1. The van der Waals surface area contributed by atoms with Crippen LogP contribution >= 0.6 is 15.9 Å². The van der Waals surface area contributed by atoms with Gasteiger partial charge in [0.25, 0.3) is 0 Å². The second-order valence-corrected chi connectivity index (χ2v) is 8.81. The highest BCUT2D eigenvalue weighted by Gasteiger charge is 2.19. The van der Waals surface area contributed by atoms with Crippen LogP contribution in [0.2, 0.25) is 0 Å². The quantitative estimate of drug-likeness (QED) is 0.349. The summed E-state index contributed by atoms with van der Waals surface area (Å²) in [6, 6.07) is 22.3. The summed E-state index contributed by atoms with van der Waals surface area (Å²) < 4.78 is 12.1. The Bertz CT molecular complexity index is 957. The molecule has 0 unspecified atom stereocenters. The van der Waals surface area contributed by atoms with E-state index in [0.29, 0.717) is 39.3 Å². The van der Waals surface area contributed by atoms with Crippen LogP contribution in [0.4, 0.5) is 0 Å². The van der Waals surface area contributed by atoms with Gasteiger partial charge < -0.3 is 14.1 Å². The molecule has 1 amide bonds. The van der Waals surface area contributed by atoms with E-state index >= 15 is 0 Å². The minimum Gasteiger partial charge on any atom is -0.464 e. The molecule has 3 rings (SSSR count). The summed E-state index contributed by atoms with van der Waals surface area (Å²) in [6.45, 7) is 5.30. The zero-order valence-corrected chi connectivity index (χ0v) is 20.4. The van der Waals surface area contributed by atoms with E-state index in [1.54, 1.807) is 7.11 Å². The second kappa shape index (κ2) is 12.6.